The number of aryl methyl sites for hydroxylation is 2. The maximum Gasteiger partial charge on any atom is 0.273 e. The Hall–Kier alpha value is -2.07. The first-order valence-electron chi connectivity index (χ1n) is 6.09. The van der Waals surface area contributed by atoms with Gasteiger partial charge in [0.15, 0.2) is 0 Å². The predicted octanol–water partition coefficient (Wildman–Crippen LogP) is 4.74. The highest BCUT2D eigenvalue weighted by Gasteiger charge is 2.12. The van der Waals surface area contributed by atoms with E-state index in [1.165, 1.54) is 12.1 Å². The van der Waals surface area contributed by atoms with Crippen LogP contribution in [0.4, 0.5) is 5.69 Å². The number of benzene rings is 2. The van der Waals surface area contributed by atoms with Gasteiger partial charge in [-0.3, -0.25) is 10.1 Å². The maximum atomic E-state index is 10.8. The summed E-state index contributed by atoms with van der Waals surface area (Å²) in [6.07, 6.45) is 0. The van der Waals surface area contributed by atoms with Crippen LogP contribution in [0.5, 0.6) is 11.5 Å². The van der Waals surface area contributed by atoms with E-state index in [0.29, 0.717) is 17.4 Å². The van der Waals surface area contributed by atoms with E-state index in [2.05, 4.69) is 0 Å². The summed E-state index contributed by atoms with van der Waals surface area (Å²) < 4.78 is 5.79. The molecule has 4 nitrogen and oxygen atoms in total. The monoisotopic (exact) mass is 291 g/mol. The van der Waals surface area contributed by atoms with Crippen molar-refractivity contribution < 1.29 is 9.66 Å². The Bertz CT molecular complexity index is 656. The molecule has 0 spiro atoms. The van der Waals surface area contributed by atoms with Crippen LogP contribution < -0.4 is 4.74 Å². The van der Waals surface area contributed by atoms with E-state index in [4.69, 9.17) is 16.3 Å². The van der Waals surface area contributed by atoms with E-state index in [9.17, 15) is 10.1 Å². The Labute approximate surface area is 122 Å². The lowest BCUT2D eigenvalue weighted by atomic mass is 10.1. The molecule has 0 aromatic heterocycles. The van der Waals surface area contributed by atoms with Crippen molar-refractivity contribution in [3.63, 3.8) is 0 Å². The summed E-state index contributed by atoms with van der Waals surface area (Å²) in [5.41, 5.74) is 2.78. The topological polar surface area (TPSA) is 52.4 Å². The zero-order chi connectivity index (χ0) is 14.7. The first-order chi connectivity index (χ1) is 9.51. The number of nitro groups is 1. The Morgan fingerprint density at radius 2 is 1.90 bits per heavy atom. The fourth-order valence-electron chi connectivity index (χ4n) is 1.84. The van der Waals surface area contributed by atoms with Crippen LogP contribution in [-0.4, -0.2) is 4.92 Å². The lowest BCUT2D eigenvalue weighted by molar-refractivity contribution is -0.384. The molecule has 2 aromatic carbocycles. The Balaban J connectivity index is 2.39. The molecule has 0 heterocycles. The van der Waals surface area contributed by atoms with Gasteiger partial charge in [0.05, 0.1) is 16.9 Å². The van der Waals surface area contributed by atoms with E-state index in [1.54, 1.807) is 6.07 Å². The molecule has 0 saturated carbocycles. The van der Waals surface area contributed by atoms with E-state index < -0.39 is 4.92 Å². The molecule has 0 N–H and O–H groups in total. The van der Waals surface area contributed by atoms with Crippen molar-refractivity contribution in [2.75, 3.05) is 0 Å². The molecule has 5 heteroatoms. The molecule has 0 radical (unpaired) electrons. The minimum absolute atomic E-state index is 0.00475. The molecule has 0 saturated heterocycles. The smallest absolute Gasteiger partial charge is 0.273 e. The van der Waals surface area contributed by atoms with Gasteiger partial charge < -0.3 is 4.74 Å². The third-order valence-electron chi connectivity index (χ3n) is 2.96. The van der Waals surface area contributed by atoms with Crippen molar-refractivity contribution >= 4 is 17.3 Å². The largest absolute Gasteiger partial charge is 0.456 e. The number of non-ortho nitro benzene ring substituents is 1. The second-order valence-corrected chi connectivity index (χ2v) is 4.82. The third-order valence-corrected chi connectivity index (χ3v) is 3.25. The summed E-state index contributed by atoms with van der Waals surface area (Å²) in [5.74, 6) is 1.41. The van der Waals surface area contributed by atoms with E-state index in [1.807, 2.05) is 32.0 Å². The lowest BCUT2D eigenvalue weighted by Gasteiger charge is -2.12. The average Bonchev–Trinajstić information content (AvgIpc) is 2.42. The van der Waals surface area contributed by atoms with Gasteiger partial charge in [-0.25, -0.2) is 0 Å². The normalized spacial score (nSPS) is 10.3. The molecule has 0 atom stereocenters. The van der Waals surface area contributed by atoms with Crippen LogP contribution in [0, 0.1) is 24.0 Å². The molecule has 0 aliphatic carbocycles. The summed E-state index contributed by atoms with van der Waals surface area (Å²) in [4.78, 5) is 10.4. The highest BCUT2D eigenvalue weighted by molar-refractivity contribution is 6.17. The van der Waals surface area contributed by atoms with Gasteiger partial charge in [0, 0.05) is 11.6 Å². The van der Waals surface area contributed by atoms with Gasteiger partial charge in [-0.05, 0) is 31.5 Å². The Morgan fingerprint density at radius 1 is 1.15 bits per heavy atom. The van der Waals surface area contributed by atoms with Gasteiger partial charge >= 0.3 is 0 Å². The number of rotatable bonds is 4. The number of halogens is 1. The molecule has 20 heavy (non-hydrogen) atoms. The molecule has 2 aromatic rings. The number of hydrogen-bond acceptors (Lipinski definition) is 3. The van der Waals surface area contributed by atoms with Gasteiger partial charge in [-0.15, -0.1) is 11.6 Å². The van der Waals surface area contributed by atoms with E-state index >= 15 is 0 Å². The first-order valence-corrected chi connectivity index (χ1v) is 6.63. The van der Waals surface area contributed by atoms with Crippen LogP contribution in [0.25, 0.3) is 0 Å². The highest BCUT2D eigenvalue weighted by Crippen LogP contribution is 2.31. The minimum Gasteiger partial charge on any atom is -0.456 e. The number of ether oxygens (including phenoxy) is 1. The van der Waals surface area contributed by atoms with Crippen LogP contribution in [-0.2, 0) is 5.88 Å². The number of nitro benzene ring substituents is 1. The number of nitrogens with zero attached hydrogens (tertiary/aromatic N) is 1. The molecule has 0 fully saturated rings. The van der Waals surface area contributed by atoms with Gasteiger partial charge in [0.25, 0.3) is 5.69 Å². The van der Waals surface area contributed by atoms with E-state index in [0.717, 1.165) is 16.7 Å². The molecule has 0 aliphatic rings. The SMILES string of the molecule is Cc1ccc(Oc2cc([N+](=O)[O-])ccc2C)c(CCl)c1. The van der Waals surface area contributed by atoms with Crippen LogP contribution in [0.3, 0.4) is 0 Å². The second kappa shape index (κ2) is 5.92. The summed E-state index contributed by atoms with van der Waals surface area (Å²) in [6, 6.07) is 10.2. The van der Waals surface area contributed by atoms with Crippen LogP contribution in [0.1, 0.15) is 16.7 Å². The van der Waals surface area contributed by atoms with Crippen LogP contribution in [0.15, 0.2) is 36.4 Å². The minimum atomic E-state index is -0.441. The average molecular weight is 292 g/mol. The molecular weight excluding hydrogens is 278 g/mol. The first kappa shape index (κ1) is 14.3. The third kappa shape index (κ3) is 3.08. The zero-order valence-corrected chi connectivity index (χ0v) is 12.0. The lowest BCUT2D eigenvalue weighted by Crippen LogP contribution is -1.94. The van der Waals surface area contributed by atoms with Gasteiger partial charge in [0.2, 0.25) is 0 Å². The molecule has 2 rings (SSSR count). The summed E-state index contributed by atoms with van der Waals surface area (Å²) in [5, 5.41) is 10.8. The number of hydrogen-bond donors (Lipinski definition) is 0. The van der Waals surface area contributed by atoms with E-state index in [-0.39, 0.29) is 5.69 Å². The molecule has 0 aliphatic heterocycles. The van der Waals surface area contributed by atoms with Crippen molar-refractivity contribution in [1.82, 2.24) is 0 Å². The van der Waals surface area contributed by atoms with Crippen molar-refractivity contribution in [2.45, 2.75) is 19.7 Å². The molecular formula is C15H14ClNO3. The van der Waals surface area contributed by atoms with Crippen molar-refractivity contribution in [3.8, 4) is 11.5 Å². The maximum absolute atomic E-state index is 10.8. The van der Waals surface area contributed by atoms with Crippen LogP contribution >= 0.6 is 11.6 Å². The molecule has 0 amide bonds. The summed E-state index contributed by atoms with van der Waals surface area (Å²) in [7, 11) is 0. The summed E-state index contributed by atoms with van der Waals surface area (Å²) >= 11 is 5.90. The van der Waals surface area contributed by atoms with Crippen molar-refractivity contribution in [3.05, 3.63) is 63.2 Å². The van der Waals surface area contributed by atoms with Gasteiger partial charge in [-0.1, -0.05) is 17.7 Å². The molecule has 0 bridgehead atoms. The van der Waals surface area contributed by atoms with Gasteiger partial charge in [0.1, 0.15) is 11.5 Å². The predicted molar refractivity (Wildman–Crippen MR) is 78.6 cm³/mol. The standard InChI is InChI=1S/C15H14ClNO3/c1-10-3-6-14(12(7-10)9-16)20-15-8-13(17(18)19)5-4-11(15)2/h3-8H,9H2,1-2H3. The Kier molecular flexibility index (Phi) is 4.25. The fourth-order valence-corrected chi connectivity index (χ4v) is 2.05. The Morgan fingerprint density at radius 3 is 2.55 bits per heavy atom. The van der Waals surface area contributed by atoms with Crippen LogP contribution in [0.2, 0.25) is 0 Å². The molecule has 104 valence electrons. The van der Waals surface area contributed by atoms with Crippen molar-refractivity contribution in [2.24, 2.45) is 0 Å². The number of alkyl halides is 1. The van der Waals surface area contributed by atoms with Crippen molar-refractivity contribution in [1.29, 1.82) is 0 Å². The fraction of sp³-hybridized carbons (Fsp3) is 0.200. The molecule has 0 unspecified atom stereocenters. The highest BCUT2D eigenvalue weighted by atomic mass is 35.5. The zero-order valence-electron chi connectivity index (χ0n) is 11.2. The van der Waals surface area contributed by atoms with Gasteiger partial charge in [-0.2, -0.15) is 0 Å². The quantitative estimate of drug-likeness (QED) is 0.464. The summed E-state index contributed by atoms with van der Waals surface area (Å²) in [6.45, 7) is 3.81. The second-order valence-electron chi connectivity index (χ2n) is 4.55.